The lowest BCUT2D eigenvalue weighted by molar-refractivity contribution is -0.137. The molecule has 1 unspecified atom stereocenters. The molecule has 1 aliphatic heterocycles. The highest BCUT2D eigenvalue weighted by Gasteiger charge is 2.49. The quantitative estimate of drug-likeness (QED) is 0.732. The minimum Gasteiger partial charge on any atom is -0.325 e. The van der Waals surface area contributed by atoms with Gasteiger partial charge in [-0.2, -0.15) is 13.2 Å². The number of anilines is 1. The number of urea groups is 1. The average Bonchev–Trinajstić information content (AvgIpc) is 2.86. The van der Waals surface area contributed by atoms with E-state index in [9.17, 15) is 27.6 Å². The smallest absolute Gasteiger partial charge is 0.325 e. The number of nitrogens with one attached hydrogen (secondary N) is 2. The molecule has 0 bridgehead atoms. The second-order valence-corrected chi connectivity index (χ2v) is 7.01. The number of carbonyl (C=O) groups is 3. The Labute approximate surface area is 168 Å². The average molecular weight is 426 g/mol. The summed E-state index contributed by atoms with van der Waals surface area (Å²) in [5.41, 5.74) is -1.62. The van der Waals surface area contributed by atoms with E-state index in [0.29, 0.717) is 10.6 Å². The summed E-state index contributed by atoms with van der Waals surface area (Å²) in [7, 11) is 0. The van der Waals surface area contributed by atoms with E-state index in [1.54, 1.807) is 24.3 Å². The predicted molar refractivity (Wildman–Crippen MR) is 99.1 cm³/mol. The Morgan fingerprint density at radius 1 is 1.10 bits per heavy atom. The number of hydrogen-bond donors (Lipinski definition) is 2. The molecule has 152 valence electrons. The first kappa shape index (κ1) is 20.7. The number of hydrogen-bond acceptors (Lipinski definition) is 3. The molecular weight excluding hydrogens is 411 g/mol. The van der Waals surface area contributed by atoms with Gasteiger partial charge in [-0.25, -0.2) is 4.79 Å². The van der Waals surface area contributed by atoms with E-state index in [2.05, 4.69) is 10.6 Å². The number of alkyl halides is 3. The molecule has 0 saturated carbocycles. The Bertz CT molecular complexity index is 961. The maximum absolute atomic E-state index is 12.8. The fourth-order valence-corrected chi connectivity index (χ4v) is 3.03. The van der Waals surface area contributed by atoms with Gasteiger partial charge in [-0.05, 0) is 48.9 Å². The highest BCUT2D eigenvalue weighted by Crippen LogP contribution is 2.31. The Kier molecular flexibility index (Phi) is 5.27. The molecule has 2 aromatic rings. The Morgan fingerprint density at radius 3 is 2.24 bits per heavy atom. The second-order valence-electron chi connectivity index (χ2n) is 6.58. The van der Waals surface area contributed by atoms with Crippen LogP contribution in [0.1, 0.15) is 18.1 Å². The van der Waals surface area contributed by atoms with Gasteiger partial charge >= 0.3 is 12.2 Å². The third-order valence-corrected chi connectivity index (χ3v) is 4.75. The van der Waals surface area contributed by atoms with Crippen LogP contribution >= 0.6 is 11.6 Å². The molecule has 2 N–H and O–H groups in total. The molecule has 4 amide bonds. The van der Waals surface area contributed by atoms with Crippen molar-refractivity contribution >= 4 is 35.1 Å². The van der Waals surface area contributed by atoms with Gasteiger partial charge in [-0.15, -0.1) is 0 Å². The third-order valence-electron chi connectivity index (χ3n) is 4.49. The molecule has 1 fully saturated rings. The number of nitrogens with zero attached hydrogens (tertiary/aromatic N) is 1. The molecule has 0 radical (unpaired) electrons. The van der Waals surface area contributed by atoms with E-state index in [4.69, 9.17) is 11.6 Å². The molecule has 0 aliphatic carbocycles. The Balaban J connectivity index is 1.69. The van der Waals surface area contributed by atoms with E-state index in [0.717, 1.165) is 29.2 Å². The molecule has 0 spiro atoms. The third kappa shape index (κ3) is 4.19. The predicted octanol–water partition coefficient (Wildman–Crippen LogP) is 3.76. The number of benzene rings is 2. The van der Waals surface area contributed by atoms with Crippen molar-refractivity contribution in [3.8, 4) is 0 Å². The fraction of sp³-hybridized carbons (Fsp3) is 0.211. The van der Waals surface area contributed by atoms with Crippen LogP contribution in [0.3, 0.4) is 0 Å². The summed E-state index contributed by atoms with van der Waals surface area (Å²) in [6.07, 6.45) is -4.49. The SMILES string of the molecule is CC1(c2ccc(Cl)cc2)NC(=O)N(CC(=O)Nc2ccc(C(F)(F)F)cc2)C1=O. The van der Waals surface area contributed by atoms with Crippen LogP contribution in [0, 0.1) is 0 Å². The minimum atomic E-state index is -4.49. The van der Waals surface area contributed by atoms with Crippen LogP contribution in [0.4, 0.5) is 23.7 Å². The molecule has 3 rings (SSSR count). The molecule has 6 nitrogen and oxygen atoms in total. The summed E-state index contributed by atoms with van der Waals surface area (Å²) in [6.45, 7) is 0.916. The van der Waals surface area contributed by atoms with Crippen LogP contribution in [0.5, 0.6) is 0 Å². The summed E-state index contributed by atoms with van der Waals surface area (Å²) in [5.74, 6) is -1.36. The van der Waals surface area contributed by atoms with Gasteiger partial charge in [0.2, 0.25) is 5.91 Å². The van der Waals surface area contributed by atoms with E-state index in [-0.39, 0.29) is 5.69 Å². The van der Waals surface area contributed by atoms with Crippen molar-refractivity contribution in [1.82, 2.24) is 10.2 Å². The van der Waals surface area contributed by atoms with Crippen molar-refractivity contribution in [2.24, 2.45) is 0 Å². The zero-order valence-corrected chi connectivity index (χ0v) is 15.8. The number of imide groups is 1. The lowest BCUT2D eigenvalue weighted by Gasteiger charge is -2.22. The lowest BCUT2D eigenvalue weighted by atomic mass is 9.92. The van der Waals surface area contributed by atoms with Gasteiger partial charge in [0.1, 0.15) is 12.1 Å². The van der Waals surface area contributed by atoms with Gasteiger partial charge in [0.05, 0.1) is 5.56 Å². The van der Waals surface area contributed by atoms with E-state index < -0.39 is 41.7 Å². The highest BCUT2D eigenvalue weighted by molar-refractivity contribution is 6.30. The van der Waals surface area contributed by atoms with E-state index in [1.165, 1.54) is 6.92 Å². The van der Waals surface area contributed by atoms with Gasteiger partial charge in [-0.1, -0.05) is 23.7 Å². The molecule has 10 heteroatoms. The summed E-state index contributed by atoms with van der Waals surface area (Å²) in [5, 5.41) is 5.37. The summed E-state index contributed by atoms with van der Waals surface area (Å²) >= 11 is 5.84. The summed E-state index contributed by atoms with van der Waals surface area (Å²) in [6, 6.07) is 9.38. The molecule has 1 saturated heterocycles. The summed E-state index contributed by atoms with van der Waals surface area (Å²) < 4.78 is 37.8. The van der Waals surface area contributed by atoms with Gasteiger partial charge < -0.3 is 10.6 Å². The molecule has 2 aromatic carbocycles. The van der Waals surface area contributed by atoms with E-state index in [1.807, 2.05) is 0 Å². The molecule has 1 aliphatic rings. The zero-order valence-electron chi connectivity index (χ0n) is 15.0. The van der Waals surface area contributed by atoms with Crippen LogP contribution < -0.4 is 10.6 Å². The first-order valence-corrected chi connectivity index (χ1v) is 8.76. The topological polar surface area (TPSA) is 78.5 Å². The first-order chi connectivity index (χ1) is 13.5. The normalized spacial score (nSPS) is 19.3. The van der Waals surface area contributed by atoms with Gasteiger partial charge in [0.15, 0.2) is 0 Å². The molecule has 29 heavy (non-hydrogen) atoms. The van der Waals surface area contributed by atoms with Crippen molar-refractivity contribution in [1.29, 1.82) is 0 Å². The largest absolute Gasteiger partial charge is 0.416 e. The van der Waals surface area contributed by atoms with Crippen LogP contribution in [0.2, 0.25) is 5.02 Å². The molecule has 1 atom stereocenters. The van der Waals surface area contributed by atoms with Crippen molar-refractivity contribution in [2.75, 3.05) is 11.9 Å². The molecule has 1 heterocycles. The highest BCUT2D eigenvalue weighted by atomic mass is 35.5. The molecule has 0 aromatic heterocycles. The number of rotatable bonds is 4. The first-order valence-electron chi connectivity index (χ1n) is 8.38. The number of amides is 4. The Hall–Kier alpha value is -3.07. The van der Waals surface area contributed by atoms with Crippen LogP contribution in [-0.2, 0) is 21.3 Å². The zero-order chi connectivity index (χ0) is 21.4. The van der Waals surface area contributed by atoms with Crippen LogP contribution in [0.15, 0.2) is 48.5 Å². The number of carbonyl (C=O) groups excluding carboxylic acids is 3. The monoisotopic (exact) mass is 425 g/mol. The van der Waals surface area contributed by atoms with Gasteiger partial charge in [0.25, 0.3) is 5.91 Å². The van der Waals surface area contributed by atoms with Crippen molar-refractivity contribution in [2.45, 2.75) is 18.6 Å². The van der Waals surface area contributed by atoms with Crippen molar-refractivity contribution in [3.05, 3.63) is 64.7 Å². The van der Waals surface area contributed by atoms with Crippen LogP contribution in [-0.4, -0.2) is 29.3 Å². The van der Waals surface area contributed by atoms with Crippen LogP contribution in [0.25, 0.3) is 0 Å². The second kappa shape index (κ2) is 7.40. The van der Waals surface area contributed by atoms with Crippen molar-refractivity contribution in [3.63, 3.8) is 0 Å². The van der Waals surface area contributed by atoms with Gasteiger partial charge in [0, 0.05) is 10.7 Å². The standard InChI is InChI=1S/C19H15ClF3N3O3/c1-18(11-2-6-13(20)7-3-11)16(28)26(17(29)25-18)10-15(27)24-14-8-4-12(5-9-14)19(21,22)23/h2-9H,10H2,1H3,(H,24,27)(H,25,29). The maximum atomic E-state index is 12.8. The Morgan fingerprint density at radius 2 is 1.69 bits per heavy atom. The summed E-state index contributed by atoms with van der Waals surface area (Å²) in [4.78, 5) is 38.0. The van der Waals surface area contributed by atoms with Gasteiger partial charge in [-0.3, -0.25) is 14.5 Å². The minimum absolute atomic E-state index is 0.107. The molecular formula is C19H15ClF3N3O3. The number of halogens is 4. The fourth-order valence-electron chi connectivity index (χ4n) is 2.91. The van der Waals surface area contributed by atoms with E-state index >= 15 is 0 Å². The maximum Gasteiger partial charge on any atom is 0.416 e. The van der Waals surface area contributed by atoms with Crippen molar-refractivity contribution < 1.29 is 27.6 Å². The lowest BCUT2D eigenvalue weighted by Crippen LogP contribution is -2.42.